The van der Waals surface area contributed by atoms with Crippen LogP contribution in [0.5, 0.6) is 0 Å². The molecule has 2 heterocycles. The molecule has 0 aliphatic carbocycles. The van der Waals surface area contributed by atoms with Crippen LogP contribution in [0.25, 0.3) is 0 Å². The standard InChI is InChI=1S/C14H21NO2/c1-9(2)7-11-14(4,8-13(16)15-11)12-6-5-10(3)17-12/h5-6,9,11H,7-8H2,1-4H3,(H,15,16). The van der Waals surface area contributed by atoms with Gasteiger partial charge >= 0.3 is 0 Å². The molecule has 3 heteroatoms. The van der Waals surface area contributed by atoms with E-state index >= 15 is 0 Å². The Morgan fingerprint density at radius 1 is 1.53 bits per heavy atom. The third-order valence-electron chi connectivity index (χ3n) is 3.64. The Morgan fingerprint density at radius 3 is 2.76 bits per heavy atom. The summed E-state index contributed by atoms with van der Waals surface area (Å²) in [5.41, 5.74) is -0.199. The molecule has 0 bridgehead atoms. The quantitative estimate of drug-likeness (QED) is 0.875. The van der Waals surface area contributed by atoms with Gasteiger partial charge in [-0.15, -0.1) is 0 Å². The van der Waals surface area contributed by atoms with Crippen LogP contribution in [0.2, 0.25) is 0 Å². The van der Waals surface area contributed by atoms with Crippen molar-refractivity contribution in [2.45, 2.75) is 52.0 Å². The van der Waals surface area contributed by atoms with Crippen molar-refractivity contribution in [3.05, 3.63) is 23.7 Å². The van der Waals surface area contributed by atoms with E-state index < -0.39 is 0 Å². The van der Waals surface area contributed by atoms with E-state index in [-0.39, 0.29) is 17.4 Å². The molecule has 1 aromatic rings. The summed E-state index contributed by atoms with van der Waals surface area (Å²) in [6.45, 7) is 8.42. The molecule has 1 aliphatic heterocycles. The maximum Gasteiger partial charge on any atom is 0.221 e. The molecule has 17 heavy (non-hydrogen) atoms. The van der Waals surface area contributed by atoms with Crippen LogP contribution in [0.3, 0.4) is 0 Å². The predicted octanol–water partition coefficient (Wildman–Crippen LogP) is 2.78. The minimum Gasteiger partial charge on any atom is -0.466 e. The Morgan fingerprint density at radius 2 is 2.24 bits per heavy atom. The van der Waals surface area contributed by atoms with Crippen molar-refractivity contribution in [1.82, 2.24) is 5.32 Å². The van der Waals surface area contributed by atoms with Crippen molar-refractivity contribution in [1.29, 1.82) is 0 Å². The second-order valence-corrected chi connectivity index (χ2v) is 5.75. The fourth-order valence-electron chi connectivity index (χ4n) is 2.65. The summed E-state index contributed by atoms with van der Waals surface area (Å²) in [5.74, 6) is 2.53. The molecule has 1 fully saturated rings. The number of amides is 1. The lowest BCUT2D eigenvalue weighted by atomic mass is 9.77. The Kier molecular flexibility index (Phi) is 3.02. The first-order chi connectivity index (χ1) is 7.91. The van der Waals surface area contributed by atoms with Gasteiger partial charge in [0.2, 0.25) is 5.91 Å². The van der Waals surface area contributed by atoms with Gasteiger partial charge in [-0.05, 0) is 38.3 Å². The van der Waals surface area contributed by atoms with Gasteiger partial charge < -0.3 is 9.73 Å². The summed E-state index contributed by atoms with van der Waals surface area (Å²) in [5, 5.41) is 3.08. The summed E-state index contributed by atoms with van der Waals surface area (Å²) in [6.07, 6.45) is 1.51. The molecule has 0 spiro atoms. The van der Waals surface area contributed by atoms with Crippen LogP contribution in [0, 0.1) is 12.8 Å². The highest BCUT2D eigenvalue weighted by atomic mass is 16.3. The Hall–Kier alpha value is -1.25. The zero-order chi connectivity index (χ0) is 12.6. The van der Waals surface area contributed by atoms with Gasteiger partial charge in [-0.3, -0.25) is 4.79 Å². The lowest BCUT2D eigenvalue weighted by molar-refractivity contribution is -0.119. The number of nitrogens with one attached hydrogen (secondary N) is 1. The van der Waals surface area contributed by atoms with E-state index in [1.54, 1.807) is 0 Å². The van der Waals surface area contributed by atoms with E-state index in [4.69, 9.17) is 4.42 Å². The van der Waals surface area contributed by atoms with Gasteiger partial charge in [-0.2, -0.15) is 0 Å². The number of aryl methyl sites for hydroxylation is 1. The lowest BCUT2D eigenvalue weighted by Crippen LogP contribution is -2.39. The Balaban J connectivity index is 2.29. The van der Waals surface area contributed by atoms with E-state index in [0.29, 0.717) is 12.3 Å². The topological polar surface area (TPSA) is 42.2 Å². The molecule has 1 aliphatic rings. The van der Waals surface area contributed by atoms with E-state index in [9.17, 15) is 4.79 Å². The summed E-state index contributed by atoms with van der Waals surface area (Å²) < 4.78 is 5.74. The average Bonchev–Trinajstić information content (AvgIpc) is 2.72. The van der Waals surface area contributed by atoms with Crippen LogP contribution in [0.1, 0.15) is 45.1 Å². The molecule has 1 aromatic heterocycles. The van der Waals surface area contributed by atoms with Crippen molar-refractivity contribution >= 4 is 5.91 Å². The lowest BCUT2D eigenvalue weighted by Gasteiger charge is -2.29. The van der Waals surface area contributed by atoms with Gasteiger partial charge in [0, 0.05) is 12.5 Å². The molecule has 1 amide bonds. The molecule has 0 radical (unpaired) electrons. The first-order valence-electron chi connectivity index (χ1n) is 6.28. The monoisotopic (exact) mass is 235 g/mol. The summed E-state index contributed by atoms with van der Waals surface area (Å²) in [4.78, 5) is 11.7. The Bertz CT molecular complexity index is 422. The normalized spacial score (nSPS) is 28.8. The second-order valence-electron chi connectivity index (χ2n) is 5.75. The summed E-state index contributed by atoms with van der Waals surface area (Å²) >= 11 is 0. The van der Waals surface area contributed by atoms with Crippen molar-refractivity contribution in [2.75, 3.05) is 0 Å². The highest BCUT2D eigenvalue weighted by Crippen LogP contribution is 2.39. The molecule has 2 unspecified atom stereocenters. The minimum atomic E-state index is -0.199. The number of carbonyl (C=O) groups excluding carboxylic acids is 1. The molecule has 3 nitrogen and oxygen atoms in total. The van der Waals surface area contributed by atoms with Crippen molar-refractivity contribution in [3.8, 4) is 0 Å². The number of furan rings is 1. The molecule has 1 N–H and O–H groups in total. The molecule has 1 saturated heterocycles. The average molecular weight is 235 g/mol. The fraction of sp³-hybridized carbons (Fsp3) is 0.643. The van der Waals surface area contributed by atoms with Gasteiger partial charge in [0.15, 0.2) is 0 Å². The second kappa shape index (κ2) is 4.21. The SMILES string of the molecule is Cc1ccc(C2(C)CC(=O)NC2CC(C)C)o1. The van der Waals surface area contributed by atoms with Crippen LogP contribution in [-0.4, -0.2) is 11.9 Å². The van der Waals surface area contributed by atoms with Crippen LogP contribution in [0.15, 0.2) is 16.5 Å². The molecule has 2 atom stereocenters. The molecular formula is C14H21NO2. The maximum atomic E-state index is 11.7. The highest BCUT2D eigenvalue weighted by molar-refractivity contribution is 5.81. The van der Waals surface area contributed by atoms with Crippen LogP contribution < -0.4 is 5.32 Å². The highest BCUT2D eigenvalue weighted by Gasteiger charge is 2.46. The number of hydrogen-bond donors (Lipinski definition) is 1. The zero-order valence-electron chi connectivity index (χ0n) is 11.0. The molecule has 2 rings (SSSR count). The van der Waals surface area contributed by atoms with E-state index in [0.717, 1.165) is 17.9 Å². The largest absolute Gasteiger partial charge is 0.466 e. The third-order valence-corrected chi connectivity index (χ3v) is 3.64. The zero-order valence-corrected chi connectivity index (χ0v) is 11.0. The van der Waals surface area contributed by atoms with E-state index in [1.165, 1.54) is 0 Å². The van der Waals surface area contributed by atoms with Gasteiger partial charge in [0.1, 0.15) is 11.5 Å². The minimum absolute atomic E-state index is 0.132. The van der Waals surface area contributed by atoms with Crippen LogP contribution >= 0.6 is 0 Å². The predicted molar refractivity (Wildman–Crippen MR) is 66.8 cm³/mol. The van der Waals surface area contributed by atoms with E-state index in [2.05, 4.69) is 26.1 Å². The maximum absolute atomic E-state index is 11.7. The van der Waals surface area contributed by atoms with Crippen molar-refractivity contribution in [2.24, 2.45) is 5.92 Å². The fourth-order valence-corrected chi connectivity index (χ4v) is 2.65. The van der Waals surface area contributed by atoms with Crippen molar-refractivity contribution < 1.29 is 9.21 Å². The first kappa shape index (κ1) is 12.2. The molecular weight excluding hydrogens is 214 g/mol. The number of rotatable bonds is 3. The van der Waals surface area contributed by atoms with E-state index in [1.807, 2.05) is 19.1 Å². The first-order valence-corrected chi connectivity index (χ1v) is 6.28. The molecule has 94 valence electrons. The Labute approximate surface area is 103 Å². The number of hydrogen-bond acceptors (Lipinski definition) is 2. The third kappa shape index (κ3) is 2.24. The van der Waals surface area contributed by atoms with Gasteiger partial charge in [-0.25, -0.2) is 0 Å². The smallest absolute Gasteiger partial charge is 0.221 e. The van der Waals surface area contributed by atoms with Crippen LogP contribution in [-0.2, 0) is 10.2 Å². The number of carbonyl (C=O) groups is 1. The summed E-state index contributed by atoms with van der Waals surface area (Å²) in [7, 11) is 0. The summed E-state index contributed by atoms with van der Waals surface area (Å²) in [6, 6.07) is 4.15. The van der Waals surface area contributed by atoms with Gasteiger partial charge in [0.25, 0.3) is 0 Å². The molecule has 0 saturated carbocycles. The molecule has 0 aromatic carbocycles. The van der Waals surface area contributed by atoms with Gasteiger partial charge in [0.05, 0.1) is 5.41 Å². The van der Waals surface area contributed by atoms with Gasteiger partial charge in [-0.1, -0.05) is 13.8 Å². The van der Waals surface area contributed by atoms with Crippen LogP contribution in [0.4, 0.5) is 0 Å². The van der Waals surface area contributed by atoms with Crippen molar-refractivity contribution in [3.63, 3.8) is 0 Å².